The zero-order valence-corrected chi connectivity index (χ0v) is 14.8. The maximum Gasteiger partial charge on any atom is 0.306 e. The SMILES string of the molecule is CCNC(=NCCn1cc([N+](=O)[O-])cn1)N(C)Cc1csc(C)n1. The van der Waals surface area contributed by atoms with Crippen LogP contribution in [0.15, 0.2) is 22.8 Å². The summed E-state index contributed by atoms with van der Waals surface area (Å²) in [7, 11) is 1.95. The van der Waals surface area contributed by atoms with E-state index in [9.17, 15) is 10.1 Å². The van der Waals surface area contributed by atoms with Crippen LogP contribution in [0.4, 0.5) is 5.69 Å². The number of nitrogens with zero attached hydrogens (tertiary/aromatic N) is 6. The molecule has 0 bridgehead atoms. The lowest BCUT2D eigenvalue weighted by molar-refractivity contribution is -0.385. The van der Waals surface area contributed by atoms with Gasteiger partial charge in [-0.2, -0.15) is 5.10 Å². The minimum atomic E-state index is -0.458. The number of aryl methyl sites for hydroxylation is 1. The molecule has 0 aliphatic carbocycles. The molecule has 0 atom stereocenters. The lowest BCUT2D eigenvalue weighted by atomic mass is 10.4. The van der Waals surface area contributed by atoms with Crippen LogP contribution in [0.3, 0.4) is 0 Å². The number of aliphatic imine (C=N–C) groups is 1. The number of nitro groups is 1. The van der Waals surface area contributed by atoms with Crippen molar-refractivity contribution in [1.29, 1.82) is 0 Å². The topological polar surface area (TPSA) is 101 Å². The van der Waals surface area contributed by atoms with Gasteiger partial charge in [0.1, 0.15) is 12.4 Å². The Labute approximate surface area is 144 Å². The molecule has 0 saturated heterocycles. The quantitative estimate of drug-likeness (QED) is 0.352. The van der Waals surface area contributed by atoms with Crippen LogP contribution in [0.1, 0.15) is 17.6 Å². The highest BCUT2D eigenvalue weighted by Gasteiger charge is 2.10. The second-order valence-electron chi connectivity index (χ2n) is 5.17. The standard InChI is InChI=1S/C14H21N7O2S/c1-4-15-14(19(3)8-12-10-24-11(2)18-12)16-5-6-20-9-13(7-17-20)21(22)23/h7,9-10H,4-6,8H2,1-3H3,(H,15,16). The van der Waals surface area contributed by atoms with Crippen molar-refractivity contribution in [1.82, 2.24) is 25.0 Å². The predicted molar refractivity (Wildman–Crippen MR) is 93.2 cm³/mol. The molecule has 0 aliphatic heterocycles. The summed E-state index contributed by atoms with van der Waals surface area (Å²) in [6.45, 7) is 6.37. The van der Waals surface area contributed by atoms with Crippen molar-refractivity contribution in [2.75, 3.05) is 20.1 Å². The summed E-state index contributed by atoms with van der Waals surface area (Å²) in [6, 6.07) is 0. The third kappa shape index (κ3) is 5.01. The van der Waals surface area contributed by atoms with Crippen molar-refractivity contribution in [3.05, 3.63) is 38.6 Å². The van der Waals surface area contributed by atoms with E-state index < -0.39 is 4.92 Å². The van der Waals surface area contributed by atoms with Gasteiger partial charge in [0, 0.05) is 19.0 Å². The molecule has 0 spiro atoms. The van der Waals surface area contributed by atoms with Gasteiger partial charge in [-0.15, -0.1) is 11.3 Å². The second-order valence-corrected chi connectivity index (χ2v) is 6.23. The van der Waals surface area contributed by atoms with Gasteiger partial charge in [-0.1, -0.05) is 0 Å². The van der Waals surface area contributed by atoms with E-state index in [1.807, 2.05) is 31.2 Å². The minimum absolute atomic E-state index is 0.0121. The highest BCUT2D eigenvalue weighted by molar-refractivity contribution is 7.09. The van der Waals surface area contributed by atoms with Crippen LogP contribution in [-0.4, -0.2) is 50.7 Å². The van der Waals surface area contributed by atoms with E-state index in [0.29, 0.717) is 19.6 Å². The van der Waals surface area contributed by atoms with Gasteiger partial charge in [-0.05, 0) is 13.8 Å². The van der Waals surface area contributed by atoms with Gasteiger partial charge in [0.05, 0.1) is 35.3 Å². The zero-order chi connectivity index (χ0) is 17.5. The van der Waals surface area contributed by atoms with Crippen LogP contribution >= 0.6 is 11.3 Å². The van der Waals surface area contributed by atoms with Gasteiger partial charge < -0.3 is 10.2 Å². The fourth-order valence-corrected chi connectivity index (χ4v) is 2.70. The Hall–Kier alpha value is -2.49. The van der Waals surface area contributed by atoms with Crippen molar-refractivity contribution in [3.63, 3.8) is 0 Å². The Balaban J connectivity index is 1.94. The van der Waals surface area contributed by atoms with Gasteiger partial charge in [0.15, 0.2) is 5.96 Å². The van der Waals surface area contributed by atoms with Crippen LogP contribution < -0.4 is 5.32 Å². The zero-order valence-electron chi connectivity index (χ0n) is 14.0. The first kappa shape index (κ1) is 17.9. The molecule has 1 N–H and O–H groups in total. The first-order valence-electron chi connectivity index (χ1n) is 7.57. The molecule has 0 amide bonds. The van der Waals surface area contributed by atoms with Crippen molar-refractivity contribution in [2.24, 2.45) is 4.99 Å². The Kier molecular flexibility index (Phi) is 6.24. The summed E-state index contributed by atoms with van der Waals surface area (Å²) in [5.41, 5.74) is 0.996. The fourth-order valence-electron chi connectivity index (χ4n) is 2.10. The minimum Gasteiger partial charge on any atom is -0.357 e. The van der Waals surface area contributed by atoms with Gasteiger partial charge in [-0.25, -0.2) is 4.98 Å². The first-order valence-corrected chi connectivity index (χ1v) is 8.45. The Morgan fingerprint density at radius 3 is 2.96 bits per heavy atom. The highest BCUT2D eigenvalue weighted by Crippen LogP contribution is 2.10. The average molecular weight is 351 g/mol. The molecule has 2 aromatic heterocycles. The number of aromatic nitrogens is 3. The molecule has 130 valence electrons. The van der Waals surface area contributed by atoms with Crippen LogP contribution in [-0.2, 0) is 13.1 Å². The molecule has 24 heavy (non-hydrogen) atoms. The Morgan fingerprint density at radius 1 is 1.58 bits per heavy atom. The summed E-state index contributed by atoms with van der Waals surface area (Å²) in [4.78, 5) is 21.2. The summed E-state index contributed by atoms with van der Waals surface area (Å²) in [6.07, 6.45) is 2.65. The lowest BCUT2D eigenvalue weighted by Crippen LogP contribution is -2.38. The van der Waals surface area contributed by atoms with Crippen molar-refractivity contribution in [3.8, 4) is 0 Å². The highest BCUT2D eigenvalue weighted by atomic mass is 32.1. The Bertz CT molecular complexity index is 710. The number of nitrogens with one attached hydrogen (secondary N) is 1. The lowest BCUT2D eigenvalue weighted by Gasteiger charge is -2.21. The molecule has 0 saturated carbocycles. The number of thiazole rings is 1. The summed E-state index contributed by atoms with van der Waals surface area (Å²) in [5, 5.41) is 20.9. The van der Waals surface area contributed by atoms with E-state index in [4.69, 9.17) is 0 Å². The molecule has 0 aliphatic rings. The molecule has 2 aromatic rings. The summed E-state index contributed by atoms with van der Waals surface area (Å²) in [5.74, 6) is 0.768. The third-order valence-electron chi connectivity index (χ3n) is 3.18. The van der Waals surface area contributed by atoms with Crippen molar-refractivity contribution in [2.45, 2.75) is 26.9 Å². The molecule has 0 aromatic carbocycles. The second kappa shape index (κ2) is 8.39. The van der Waals surface area contributed by atoms with E-state index in [1.54, 1.807) is 11.3 Å². The van der Waals surface area contributed by atoms with Gasteiger partial charge in [0.25, 0.3) is 0 Å². The van der Waals surface area contributed by atoms with E-state index in [1.165, 1.54) is 17.1 Å². The predicted octanol–water partition coefficient (Wildman–Crippen LogP) is 1.65. The maximum absolute atomic E-state index is 10.6. The molecule has 0 fully saturated rings. The van der Waals surface area contributed by atoms with E-state index in [-0.39, 0.29) is 5.69 Å². The van der Waals surface area contributed by atoms with E-state index in [0.717, 1.165) is 23.2 Å². The number of guanidine groups is 1. The van der Waals surface area contributed by atoms with E-state index in [2.05, 4.69) is 20.4 Å². The van der Waals surface area contributed by atoms with Crippen LogP contribution in [0, 0.1) is 17.0 Å². The molecular formula is C14H21N7O2S. The number of hydrogen-bond acceptors (Lipinski definition) is 6. The monoisotopic (exact) mass is 351 g/mol. The fraction of sp³-hybridized carbons (Fsp3) is 0.500. The molecule has 9 nitrogen and oxygen atoms in total. The van der Waals surface area contributed by atoms with Crippen molar-refractivity contribution >= 4 is 23.0 Å². The third-order valence-corrected chi connectivity index (χ3v) is 4.01. The van der Waals surface area contributed by atoms with Crippen LogP contribution in [0.25, 0.3) is 0 Å². The van der Waals surface area contributed by atoms with Gasteiger partial charge in [-0.3, -0.25) is 19.8 Å². The summed E-state index contributed by atoms with van der Waals surface area (Å²) >= 11 is 1.63. The number of hydrogen-bond donors (Lipinski definition) is 1. The average Bonchev–Trinajstić information content (AvgIpc) is 3.15. The van der Waals surface area contributed by atoms with Crippen molar-refractivity contribution < 1.29 is 4.92 Å². The Morgan fingerprint density at radius 2 is 2.38 bits per heavy atom. The van der Waals surface area contributed by atoms with Crippen LogP contribution in [0.2, 0.25) is 0 Å². The molecule has 0 unspecified atom stereocenters. The summed E-state index contributed by atoms with van der Waals surface area (Å²) < 4.78 is 1.52. The molecule has 0 radical (unpaired) electrons. The number of rotatable bonds is 7. The normalized spacial score (nSPS) is 11.5. The largest absolute Gasteiger partial charge is 0.357 e. The van der Waals surface area contributed by atoms with Crippen LogP contribution in [0.5, 0.6) is 0 Å². The molecule has 2 heterocycles. The molecular weight excluding hydrogens is 330 g/mol. The van der Waals surface area contributed by atoms with Gasteiger partial charge in [0.2, 0.25) is 0 Å². The molecule has 2 rings (SSSR count). The van der Waals surface area contributed by atoms with Gasteiger partial charge >= 0.3 is 5.69 Å². The maximum atomic E-state index is 10.6. The van der Waals surface area contributed by atoms with E-state index >= 15 is 0 Å². The first-order chi connectivity index (χ1) is 11.5. The molecule has 10 heteroatoms. The smallest absolute Gasteiger partial charge is 0.306 e.